The second kappa shape index (κ2) is 5.49. The highest BCUT2D eigenvalue weighted by atomic mass is 127. The van der Waals surface area contributed by atoms with E-state index in [-0.39, 0.29) is 0 Å². The monoisotopic (exact) mass is 361 g/mol. The van der Waals surface area contributed by atoms with Gasteiger partial charge in [0.25, 0.3) is 0 Å². The number of imidazole rings is 1. The molecule has 0 radical (unpaired) electrons. The fourth-order valence-electron chi connectivity index (χ4n) is 1.79. The van der Waals surface area contributed by atoms with Gasteiger partial charge in [0.05, 0.1) is 11.0 Å². The smallest absolute Gasteiger partial charge is 0.178 e. The average Bonchev–Trinajstić information content (AvgIpc) is 2.61. The summed E-state index contributed by atoms with van der Waals surface area (Å²) >= 11 is 7.69. The van der Waals surface area contributed by atoms with Gasteiger partial charge in [-0.05, 0) is 66.6 Å². The van der Waals surface area contributed by atoms with Crippen molar-refractivity contribution in [1.29, 1.82) is 0 Å². The third kappa shape index (κ3) is 2.89. The predicted octanol–water partition coefficient (Wildman–Crippen LogP) is 3.26. The van der Waals surface area contributed by atoms with E-state index < -0.39 is 0 Å². The molecule has 17 heavy (non-hydrogen) atoms. The van der Waals surface area contributed by atoms with Crippen molar-refractivity contribution in [3.05, 3.63) is 26.5 Å². The molecule has 1 aromatic carbocycles. The van der Waals surface area contributed by atoms with Gasteiger partial charge in [-0.1, -0.05) is 6.92 Å². The summed E-state index contributed by atoms with van der Waals surface area (Å²) in [5, 5.41) is 0. The number of benzene rings is 1. The first-order valence-electron chi connectivity index (χ1n) is 5.68. The number of nitrogens with zero attached hydrogens (tertiary/aromatic N) is 2. The van der Waals surface area contributed by atoms with E-state index in [1.807, 2.05) is 0 Å². The highest BCUT2D eigenvalue weighted by molar-refractivity contribution is 14.1. The Morgan fingerprint density at radius 3 is 2.94 bits per heavy atom. The van der Waals surface area contributed by atoms with Gasteiger partial charge in [0.1, 0.15) is 0 Å². The van der Waals surface area contributed by atoms with Crippen molar-refractivity contribution < 1.29 is 0 Å². The van der Waals surface area contributed by atoms with Crippen molar-refractivity contribution in [3.63, 3.8) is 0 Å². The highest BCUT2D eigenvalue weighted by Gasteiger charge is 2.05. The molecule has 0 saturated carbocycles. The number of aromatic amines is 1. The first-order chi connectivity index (χ1) is 8.11. The van der Waals surface area contributed by atoms with Crippen LogP contribution in [-0.2, 0) is 6.54 Å². The molecule has 0 spiro atoms. The van der Waals surface area contributed by atoms with Gasteiger partial charge in [-0.15, -0.1) is 0 Å². The molecule has 1 N–H and O–H groups in total. The van der Waals surface area contributed by atoms with Crippen molar-refractivity contribution in [2.75, 3.05) is 20.1 Å². The molecule has 1 heterocycles. The van der Waals surface area contributed by atoms with Crippen LogP contribution in [0.5, 0.6) is 0 Å². The predicted molar refractivity (Wildman–Crippen MR) is 83.0 cm³/mol. The fourth-order valence-corrected chi connectivity index (χ4v) is 2.58. The van der Waals surface area contributed by atoms with E-state index in [0.717, 1.165) is 29.9 Å². The van der Waals surface area contributed by atoms with Crippen molar-refractivity contribution in [1.82, 2.24) is 14.5 Å². The second-order valence-corrected chi connectivity index (χ2v) is 5.77. The number of likely N-dealkylation sites (N-methyl/N-ethyl adjacent to an activating group) is 1. The number of halogens is 1. The molecule has 0 amide bonds. The zero-order chi connectivity index (χ0) is 12.4. The third-order valence-electron chi connectivity index (χ3n) is 2.98. The van der Waals surface area contributed by atoms with Crippen molar-refractivity contribution >= 4 is 45.8 Å². The summed E-state index contributed by atoms with van der Waals surface area (Å²) in [6, 6.07) is 6.38. The molecule has 0 unspecified atom stereocenters. The number of aromatic nitrogens is 2. The minimum Gasteiger partial charge on any atom is -0.331 e. The summed E-state index contributed by atoms with van der Waals surface area (Å²) in [5.74, 6) is 0. The molecule has 0 atom stereocenters. The SMILES string of the molecule is CCN(C)CCn1c(=S)[nH]c2cc(I)ccc21. The van der Waals surface area contributed by atoms with Crippen LogP contribution in [0.4, 0.5) is 0 Å². The molecule has 0 saturated heterocycles. The number of fused-ring (bicyclic) bond motifs is 1. The Bertz CT molecular complexity index is 573. The van der Waals surface area contributed by atoms with E-state index in [4.69, 9.17) is 12.2 Å². The molecule has 92 valence electrons. The van der Waals surface area contributed by atoms with Gasteiger partial charge in [0.15, 0.2) is 4.77 Å². The number of nitrogens with one attached hydrogen (secondary N) is 1. The van der Waals surface area contributed by atoms with Gasteiger partial charge in [-0.3, -0.25) is 0 Å². The number of rotatable bonds is 4. The van der Waals surface area contributed by atoms with Gasteiger partial charge in [0.2, 0.25) is 0 Å². The summed E-state index contributed by atoms with van der Waals surface area (Å²) < 4.78 is 4.21. The minimum absolute atomic E-state index is 0.812. The third-order valence-corrected chi connectivity index (χ3v) is 3.97. The lowest BCUT2D eigenvalue weighted by Crippen LogP contribution is -2.22. The number of hydrogen-bond acceptors (Lipinski definition) is 2. The molecule has 0 aliphatic rings. The van der Waals surface area contributed by atoms with Gasteiger partial charge in [-0.25, -0.2) is 0 Å². The van der Waals surface area contributed by atoms with Crippen LogP contribution in [0.15, 0.2) is 18.2 Å². The number of hydrogen-bond donors (Lipinski definition) is 1. The Morgan fingerprint density at radius 1 is 1.47 bits per heavy atom. The molecule has 1 aromatic heterocycles. The van der Waals surface area contributed by atoms with E-state index >= 15 is 0 Å². The fraction of sp³-hybridized carbons (Fsp3) is 0.417. The molecule has 0 fully saturated rings. The van der Waals surface area contributed by atoms with Crippen LogP contribution in [-0.4, -0.2) is 34.6 Å². The van der Waals surface area contributed by atoms with E-state index in [2.05, 4.69) is 69.2 Å². The van der Waals surface area contributed by atoms with Crippen LogP contribution in [0.25, 0.3) is 11.0 Å². The second-order valence-electron chi connectivity index (χ2n) is 4.14. The van der Waals surface area contributed by atoms with Crippen molar-refractivity contribution in [2.24, 2.45) is 0 Å². The highest BCUT2D eigenvalue weighted by Crippen LogP contribution is 2.17. The standard InChI is InChI=1S/C12H16IN3S/c1-3-15(2)6-7-16-11-5-4-9(13)8-10(11)14-12(16)17/h4-5,8H,3,6-7H2,1-2H3,(H,14,17). The maximum Gasteiger partial charge on any atom is 0.178 e. The summed E-state index contributed by atoms with van der Waals surface area (Å²) in [4.78, 5) is 5.55. The lowest BCUT2D eigenvalue weighted by atomic mass is 10.3. The van der Waals surface area contributed by atoms with E-state index in [0.29, 0.717) is 0 Å². The molecule has 0 aliphatic carbocycles. The Morgan fingerprint density at radius 2 is 2.24 bits per heavy atom. The van der Waals surface area contributed by atoms with Crippen LogP contribution in [0.3, 0.4) is 0 Å². The van der Waals surface area contributed by atoms with E-state index in [1.165, 1.54) is 9.09 Å². The summed E-state index contributed by atoms with van der Waals surface area (Å²) in [7, 11) is 2.13. The maximum absolute atomic E-state index is 5.37. The van der Waals surface area contributed by atoms with Gasteiger partial charge >= 0.3 is 0 Å². The number of H-pyrrole nitrogens is 1. The van der Waals surface area contributed by atoms with Gasteiger partial charge in [0, 0.05) is 16.7 Å². The summed E-state index contributed by atoms with van der Waals surface area (Å²) in [6.07, 6.45) is 0. The average molecular weight is 361 g/mol. The zero-order valence-electron chi connectivity index (χ0n) is 10.0. The van der Waals surface area contributed by atoms with Crippen LogP contribution in [0.1, 0.15) is 6.92 Å². The molecule has 2 rings (SSSR count). The maximum atomic E-state index is 5.37. The summed E-state index contributed by atoms with van der Waals surface area (Å²) in [6.45, 7) is 5.18. The first-order valence-corrected chi connectivity index (χ1v) is 7.17. The molecular formula is C12H16IN3S. The lowest BCUT2D eigenvalue weighted by Gasteiger charge is -2.14. The Hall–Kier alpha value is -0.400. The van der Waals surface area contributed by atoms with Crippen LogP contribution in [0, 0.1) is 8.34 Å². The van der Waals surface area contributed by atoms with E-state index in [9.17, 15) is 0 Å². The van der Waals surface area contributed by atoms with Gasteiger partial charge in [-0.2, -0.15) is 0 Å². The van der Waals surface area contributed by atoms with Crippen molar-refractivity contribution in [2.45, 2.75) is 13.5 Å². The molecular weight excluding hydrogens is 345 g/mol. The minimum atomic E-state index is 0.812. The molecule has 0 bridgehead atoms. The quantitative estimate of drug-likeness (QED) is 0.668. The Labute approximate surface area is 120 Å². The Balaban J connectivity index is 2.33. The molecule has 0 aliphatic heterocycles. The normalized spacial score (nSPS) is 11.5. The van der Waals surface area contributed by atoms with E-state index in [1.54, 1.807) is 0 Å². The van der Waals surface area contributed by atoms with Crippen molar-refractivity contribution in [3.8, 4) is 0 Å². The topological polar surface area (TPSA) is 24.0 Å². The molecule has 2 aromatic rings. The van der Waals surface area contributed by atoms with Crippen LogP contribution >= 0.6 is 34.8 Å². The van der Waals surface area contributed by atoms with Gasteiger partial charge < -0.3 is 14.5 Å². The Kier molecular flexibility index (Phi) is 4.22. The largest absolute Gasteiger partial charge is 0.331 e. The first kappa shape index (κ1) is 13.0. The zero-order valence-corrected chi connectivity index (χ0v) is 13.0. The molecule has 5 heteroatoms. The molecule has 3 nitrogen and oxygen atoms in total. The van der Waals surface area contributed by atoms with Crippen LogP contribution in [0.2, 0.25) is 0 Å². The summed E-state index contributed by atoms with van der Waals surface area (Å²) in [5.41, 5.74) is 2.32. The lowest BCUT2D eigenvalue weighted by molar-refractivity contribution is 0.336. The van der Waals surface area contributed by atoms with Crippen LogP contribution < -0.4 is 0 Å².